The van der Waals surface area contributed by atoms with Crippen molar-refractivity contribution in [3.63, 3.8) is 0 Å². The summed E-state index contributed by atoms with van der Waals surface area (Å²) >= 11 is 6.15. The SMILES string of the molecule is C=C(C)c1nnn(Cc2ccccc2)c1Cl. The van der Waals surface area contributed by atoms with E-state index < -0.39 is 0 Å². The molecular formula is C12H12ClN3. The minimum absolute atomic E-state index is 0.538. The monoisotopic (exact) mass is 233 g/mol. The maximum atomic E-state index is 6.15. The predicted molar refractivity (Wildman–Crippen MR) is 65.3 cm³/mol. The molecule has 0 spiro atoms. The van der Waals surface area contributed by atoms with E-state index in [1.807, 2.05) is 37.3 Å². The van der Waals surface area contributed by atoms with Gasteiger partial charge >= 0.3 is 0 Å². The minimum atomic E-state index is 0.538. The summed E-state index contributed by atoms with van der Waals surface area (Å²) in [5, 5.41) is 8.54. The molecule has 0 aliphatic heterocycles. The van der Waals surface area contributed by atoms with Gasteiger partial charge in [-0.25, -0.2) is 4.68 Å². The van der Waals surface area contributed by atoms with E-state index in [1.54, 1.807) is 4.68 Å². The van der Waals surface area contributed by atoms with Crippen LogP contribution in [0.5, 0.6) is 0 Å². The van der Waals surface area contributed by atoms with Crippen molar-refractivity contribution in [2.45, 2.75) is 13.5 Å². The first-order valence-electron chi connectivity index (χ1n) is 4.97. The van der Waals surface area contributed by atoms with Gasteiger partial charge in [0.1, 0.15) is 5.69 Å². The van der Waals surface area contributed by atoms with Crippen LogP contribution in [0.1, 0.15) is 18.2 Å². The van der Waals surface area contributed by atoms with E-state index in [1.165, 1.54) is 0 Å². The lowest BCUT2D eigenvalue weighted by atomic mass is 10.2. The molecule has 0 saturated heterocycles. The molecule has 2 aromatic rings. The Morgan fingerprint density at radius 3 is 2.62 bits per heavy atom. The molecule has 0 atom stereocenters. The fraction of sp³-hybridized carbons (Fsp3) is 0.167. The largest absolute Gasteiger partial charge is 0.229 e. The summed E-state index contributed by atoms with van der Waals surface area (Å²) in [7, 11) is 0. The highest BCUT2D eigenvalue weighted by Crippen LogP contribution is 2.20. The molecule has 2 rings (SSSR count). The Bertz CT molecular complexity index is 502. The van der Waals surface area contributed by atoms with E-state index in [4.69, 9.17) is 11.6 Å². The molecule has 3 nitrogen and oxygen atoms in total. The number of rotatable bonds is 3. The van der Waals surface area contributed by atoms with Gasteiger partial charge < -0.3 is 0 Å². The first-order chi connectivity index (χ1) is 7.68. The third-order valence-electron chi connectivity index (χ3n) is 2.25. The third kappa shape index (κ3) is 2.14. The Balaban J connectivity index is 2.26. The van der Waals surface area contributed by atoms with Gasteiger partial charge in [0.15, 0.2) is 5.15 Å². The van der Waals surface area contributed by atoms with Crippen LogP contribution in [0.4, 0.5) is 0 Å². The lowest BCUT2D eigenvalue weighted by Crippen LogP contribution is -2.01. The summed E-state index contributed by atoms with van der Waals surface area (Å²) in [6, 6.07) is 10.0. The summed E-state index contributed by atoms with van der Waals surface area (Å²) < 4.78 is 1.67. The molecule has 0 unspecified atom stereocenters. The summed E-state index contributed by atoms with van der Waals surface area (Å²) in [6.45, 7) is 6.30. The van der Waals surface area contributed by atoms with Gasteiger partial charge in [-0.1, -0.05) is 53.7 Å². The molecule has 0 saturated carbocycles. The summed E-state index contributed by atoms with van der Waals surface area (Å²) in [6.07, 6.45) is 0. The average Bonchev–Trinajstić information content (AvgIpc) is 2.62. The molecule has 16 heavy (non-hydrogen) atoms. The van der Waals surface area contributed by atoms with Crippen LogP contribution >= 0.6 is 11.6 Å². The molecule has 1 aromatic carbocycles. The molecule has 1 aromatic heterocycles. The van der Waals surface area contributed by atoms with Crippen LogP contribution in [-0.2, 0) is 6.54 Å². The Morgan fingerprint density at radius 2 is 2.06 bits per heavy atom. The normalized spacial score (nSPS) is 10.4. The second-order valence-electron chi connectivity index (χ2n) is 3.65. The van der Waals surface area contributed by atoms with Crippen molar-refractivity contribution in [1.82, 2.24) is 15.0 Å². The number of hydrogen-bond acceptors (Lipinski definition) is 2. The fourth-order valence-corrected chi connectivity index (χ4v) is 1.71. The Morgan fingerprint density at radius 1 is 1.38 bits per heavy atom. The number of allylic oxidation sites excluding steroid dienone is 1. The van der Waals surface area contributed by atoms with E-state index >= 15 is 0 Å². The lowest BCUT2D eigenvalue weighted by Gasteiger charge is -2.02. The molecule has 82 valence electrons. The second-order valence-corrected chi connectivity index (χ2v) is 4.01. The Labute approximate surface area is 99.4 Å². The van der Waals surface area contributed by atoms with Crippen LogP contribution in [0.25, 0.3) is 5.57 Å². The van der Waals surface area contributed by atoms with E-state index in [-0.39, 0.29) is 0 Å². The van der Waals surface area contributed by atoms with Gasteiger partial charge in [0.05, 0.1) is 6.54 Å². The van der Waals surface area contributed by atoms with Crippen LogP contribution in [0, 0.1) is 0 Å². The lowest BCUT2D eigenvalue weighted by molar-refractivity contribution is 0.650. The van der Waals surface area contributed by atoms with Crippen molar-refractivity contribution >= 4 is 17.2 Å². The van der Waals surface area contributed by atoms with Crippen molar-refractivity contribution < 1.29 is 0 Å². The smallest absolute Gasteiger partial charge is 0.155 e. The first-order valence-corrected chi connectivity index (χ1v) is 5.35. The standard InChI is InChI=1S/C12H12ClN3/c1-9(2)11-12(13)16(15-14-11)8-10-6-4-3-5-7-10/h3-7H,1,8H2,2H3. The molecule has 0 fully saturated rings. The number of nitrogens with zero attached hydrogens (tertiary/aromatic N) is 3. The molecule has 0 bridgehead atoms. The third-order valence-corrected chi connectivity index (χ3v) is 2.63. The molecule has 0 aliphatic rings. The van der Waals surface area contributed by atoms with Crippen LogP contribution in [0.3, 0.4) is 0 Å². The van der Waals surface area contributed by atoms with Crippen molar-refractivity contribution in [2.24, 2.45) is 0 Å². The van der Waals surface area contributed by atoms with Crippen LogP contribution in [-0.4, -0.2) is 15.0 Å². The fourth-order valence-electron chi connectivity index (χ4n) is 1.42. The van der Waals surface area contributed by atoms with Crippen molar-refractivity contribution in [1.29, 1.82) is 0 Å². The van der Waals surface area contributed by atoms with Gasteiger partial charge in [-0.15, -0.1) is 5.10 Å². The predicted octanol–water partition coefficient (Wildman–Crippen LogP) is 3.01. The molecule has 0 radical (unpaired) electrons. The number of aromatic nitrogens is 3. The highest BCUT2D eigenvalue weighted by atomic mass is 35.5. The van der Waals surface area contributed by atoms with Gasteiger partial charge in [-0.3, -0.25) is 0 Å². The zero-order chi connectivity index (χ0) is 11.5. The summed E-state index contributed by atoms with van der Waals surface area (Å²) in [5.74, 6) is 0. The van der Waals surface area contributed by atoms with Crippen molar-refractivity contribution in [3.8, 4) is 0 Å². The zero-order valence-corrected chi connectivity index (χ0v) is 9.78. The van der Waals surface area contributed by atoms with Crippen molar-refractivity contribution in [2.75, 3.05) is 0 Å². The Kier molecular flexibility index (Phi) is 3.06. The Hall–Kier alpha value is -1.61. The molecule has 0 amide bonds. The van der Waals surface area contributed by atoms with E-state index in [2.05, 4.69) is 16.9 Å². The number of halogens is 1. The summed E-state index contributed by atoms with van der Waals surface area (Å²) in [4.78, 5) is 0. The maximum Gasteiger partial charge on any atom is 0.155 e. The van der Waals surface area contributed by atoms with Crippen LogP contribution in [0.15, 0.2) is 36.9 Å². The van der Waals surface area contributed by atoms with E-state index in [9.17, 15) is 0 Å². The van der Waals surface area contributed by atoms with E-state index in [0.717, 1.165) is 11.1 Å². The molecular weight excluding hydrogens is 222 g/mol. The number of benzene rings is 1. The topological polar surface area (TPSA) is 30.7 Å². The molecule has 1 heterocycles. The van der Waals surface area contributed by atoms with Crippen molar-refractivity contribution in [3.05, 3.63) is 53.3 Å². The van der Waals surface area contributed by atoms with Gasteiger partial charge in [0.25, 0.3) is 0 Å². The molecule has 0 aliphatic carbocycles. The van der Waals surface area contributed by atoms with Gasteiger partial charge in [-0.05, 0) is 18.1 Å². The maximum absolute atomic E-state index is 6.15. The van der Waals surface area contributed by atoms with Crippen LogP contribution in [0.2, 0.25) is 5.15 Å². The highest BCUT2D eigenvalue weighted by molar-refractivity contribution is 6.31. The average molecular weight is 234 g/mol. The quantitative estimate of drug-likeness (QED) is 0.816. The highest BCUT2D eigenvalue weighted by Gasteiger charge is 2.10. The molecule has 0 N–H and O–H groups in total. The number of hydrogen-bond donors (Lipinski definition) is 0. The van der Waals surface area contributed by atoms with Gasteiger partial charge in [0.2, 0.25) is 0 Å². The minimum Gasteiger partial charge on any atom is -0.229 e. The second kappa shape index (κ2) is 4.49. The van der Waals surface area contributed by atoms with Gasteiger partial charge in [0, 0.05) is 0 Å². The molecule has 4 heteroatoms. The zero-order valence-electron chi connectivity index (χ0n) is 9.02. The van der Waals surface area contributed by atoms with Gasteiger partial charge in [-0.2, -0.15) is 0 Å². The van der Waals surface area contributed by atoms with E-state index in [0.29, 0.717) is 17.4 Å². The van der Waals surface area contributed by atoms with Crippen LogP contribution < -0.4 is 0 Å². The first kappa shape index (κ1) is 10.9. The summed E-state index contributed by atoms with van der Waals surface area (Å²) in [5.41, 5.74) is 2.63.